The second kappa shape index (κ2) is 7.16. The number of benzene rings is 2. The molecule has 2 aromatic rings. The maximum absolute atomic E-state index is 12.2. The lowest BCUT2D eigenvalue weighted by Gasteiger charge is -2.20. The van der Waals surface area contributed by atoms with Crippen molar-refractivity contribution in [2.75, 3.05) is 13.2 Å². The second-order valence-electron chi connectivity index (χ2n) is 5.10. The molecule has 0 bridgehead atoms. The zero-order chi connectivity index (χ0) is 18.0. The fourth-order valence-electron chi connectivity index (χ4n) is 2.31. The Morgan fingerprint density at radius 3 is 2.72 bits per heavy atom. The highest BCUT2D eigenvalue weighted by molar-refractivity contribution is 6.32. The number of halogens is 2. The zero-order valence-electron chi connectivity index (χ0n) is 12.7. The first-order valence-corrected chi connectivity index (χ1v) is 7.90. The summed E-state index contributed by atoms with van der Waals surface area (Å²) in [6.07, 6.45) is 0. The maximum Gasteiger partial charge on any atom is 0.345 e. The molecule has 0 aromatic heterocycles. The van der Waals surface area contributed by atoms with E-state index in [9.17, 15) is 14.9 Å². The van der Waals surface area contributed by atoms with E-state index >= 15 is 0 Å². The van der Waals surface area contributed by atoms with Crippen molar-refractivity contribution in [2.45, 2.75) is 6.61 Å². The van der Waals surface area contributed by atoms with Crippen LogP contribution in [0.5, 0.6) is 11.5 Å². The molecule has 9 heteroatoms. The smallest absolute Gasteiger partial charge is 0.345 e. The first kappa shape index (κ1) is 17.3. The molecule has 0 N–H and O–H groups in total. The molecule has 0 spiro atoms. The Labute approximate surface area is 152 Å². The predicted octanol–water partition coefficient (Wildman–Crippen LogP) is 4.03. The number of nitro groups is 1. The van der Waals surface area contributed by atoms with Gasteiger partial charge in [-0.2, -0.15) is 0 Å². The van der Waals surface area contributed by atoms with Gasteiger partial charge < -0.3 is 14.2 Å². The monoisotopic (exact) mass is 383 g/mol. The van der Waals surface area contributed by atoms with Gasteiger partial charge in [-0.15, -0.1) is 0 Å². The Morgan fingerprint density at radius 1 is 1.20 bits per heavy atom. The summed E-state index contributed by atoms with van der Waals surface area (Å²) in [7, 11) is 0. The summed E-state index contributed by atoms with van der Waals surface area (Å²) in [6, 6.07) is 6.89. The molecule has 25 heavy (non-hydrogen) atoms. The Kier molecular flexibility index (Phi) is 4.96. The van der Waals surface area contributed by atoms with Crippen LogP contribution in [0, 0.1) is 10.1 Å². The van der Waals surface area contributed by atoms with Gasteiger partial charge in [-0.25, -0.2) is 4.79 Å². The molecule has 3 rings (SSSR count). The molecule has 1 heterocycles. The van der Waals surface area contributed by atoms with Gasteiger partial charge in [-0.05, 0) is 29.8 Å². The first-order valence-electron chi connectivity index (χ1n) is 7.15. The number of carbonyl (C=O) groups is 1. The number of hydrogen-bond acceptors (Lipinski definition) is 6. The average Bonchev–Trinajstić information content (AvgIpc) is 2.59. The summed E-state index contributed by atoms with van der Waals surface area (Å²) >= 11 is 11.9. The van der Waals surface area contributed by atoms with Crippen LogP contribution in [0.15, 0.2) is 30.3 Å². The largest absolute Gasteiger partial charge is 0.486 e. The second-order valence-corrected chi connectivity index (χ2v) is 5.94. The Hall–Kier alpha value is -2.51. The van der Waals surface area contributed by atoms with E-state index in [-0.39, 0.29) is 22.9 Å². The van der Waals surface area contributed by atoms with E-state index in [1.807, 2.05) is 0 Å². The Morgan fingerprint density at radius 2 is 1.96 bits per heavy atom. The minimum atomic E-state index is -0.861. The minimum absolute atomic E-state index is 0.140. The number of carbonyl (C=O) groups excluding carboxylic acids is 1. The van der Waals surface area contributed by atoms with Gasteiger partial charge in [0.25, 0.3) is 5.69 Å². The quantitative estimate of drug-likeness (QED) is 0.449. The average molecular weight is 384 g/mol. The fourth-order valence-corrected chi connectivity index (χ4v) is 2.77. The topological polar surface area (TPSA) is 87.9 Å². The van der Waals surface area contributed by atoms with Crippen LogP contribution >= 0.6 is 23.2 Å². The molecule has 0 unspecified atom stereocenters. The molecule has 0 radical (unpaired) electrons. The zero-order valence-corrected chi connectivity index (χ0v) is 14.2. The van der Waals surface area contributed by atoms with Crippen molar-refractivity contribution in [1.82, 2.24) is 0 Å². The number of nitro benzene ring substituents is 1. The van der Waals surface area contributed by atoms with E-state index in [1.165, 1.54) is 12.1 Å². The number of ether oxygens (including phenoxy) is 3. The molecule has 0 atom stereocenters. The van der Waals surface area contributed by atoms with Gasteiger partial charge >= 0.3 is 5.97 Å². The van der Waals surface area contributed by atoms with Crippen LogP contribution in [0.2, 0.25) is 10.0 Å². The third kappa shape index (κ3) is 3.78. The molecule has 0 saturated heterocycles. The summed E-state index contributed by atoms with van der Waals surface area (Å²) in [4.78, 5) is 22.5. The van der Waals surface area contributed by atoms with Gasteiger partial charge in [0.05, 0.1) is 9.95 Å². The van der Waals surface area contributed by atoms with Crippen molar-refractivity contribution in [3.63, 3.8) is 0 Å². The number of hydrogen-bond donors (Lipinski definition) is 0. The molecule has 7 nitrogen and oxygen atoms in total. The van der Waals surface area contributed by atoms with Gasteiger partial charge in [0, 0.05) is 11.1 Å². The third-order valence-electron chi connectivity index (χ3n) is 3.40. The molecule has 0 fully saturated rings. The fraction of sp³-hybridized carbons (Fsp3) is 0.188. The van der Waals surface area contributed by atoms with Crippen molar-refractivity contribution >= 4 is 34.9 Å². The van der Waals surface area contributed by atoms with Crippen LogP contribution in [-0.2, 0) is 11.3 Å². The highest BCUT2D eigenvalue weighted by Gasteiger charge is 2.23. The number of fused-ring (bicyclic) bond motifs is 1. The lowest BCUT2D eigenvalue weighted by molar-refractivity contribution is -0.385. The Bertz CT molecular complexity index is 855. The summed E-state index contributed by atoms with van der Waals surface area (Å²) < 4.78 is 16.0. The first-order chi connectivity index (χ1) is 12.0. The standard InChI is InChI=1S/C16H11Cl2NO6/c17-10-1-2-13(19(21)22)11(7-10)16(20)25-8-9-5-12(18)15-14(6-9)23-3-4-24-15/h1-2,5-7H,3-4,8H2. The van der Waals surface area contributed by atoms with Crippen molar-refractivity contribution in [2.24, 2.45) is 0 Å². The summed E-state index contributed by atoms with van der Waals surface area (Å²) in [5.41, 5.74) is -0.0389. The van der Waals surface area contributed by atoms with Gasteiger partial charge in [0.1, 0.15) is 25.4 Å². The van der Waals surface area contributed by atoms with Crippen LogP contribution in [0.25, 0.3) is 0 Å². The highest BCUT2D eigenvalue weighted by Crippen LogP contribution is 2.38. The van der Waals surface area contributed by atoms with Crippen molar-refractivity contribution in [3.8, 4) is 11.5 Å². The van der Waals surface area contributed by atoms with Gasteiger partial charge in [-0.1, -0.05) is 23.2 Å². The van der Waals surface area contributed by atoms with E-state index in [4.69, 9.17) is 37.4 Å². The normalized spacial score (nSPS) is 12.6. The Balaban J connectivity index is 1.78. The summed E-state index contributed by atoms with van der Waals surface area (Å²) in [6.45, 7) is 0.652. The third-order valence-corrected chi connectivity index (χ3v) is 3.92. The minimum Gasteiger partial charge on any atom is -0.486 e. The molecular formula is C16H11Cl2NO6. The van der Waals surface area contributed by atoms with E-state index in [2.05, 4.69) is 0 Å². The molecule has 130 valence electrons. The molecule has 0 aliphatic carbocycles. The van der Waals surface area contributed by atoms with Gasteiger partial charge in [0.15, 0.2) is 11.5 Å². The maximum atomic E-state index is 12.2. The van der Waals surface area contributed by atoms with Crippen LogP contribution < -0.4 is 9.47 Å². The lowest BCUT2D eigenvalue weighted by Crippen LogP contribution is -2.16. The van der Waals surface area contributed by atoms with Gasteiger partial charge in [0.2, 0.25) is 0 Å². The number of esters is 1. The molecule has 1 aliphatic heterocycles. The predicted molar refractivity (Wildman–Crippen MR) is 89.7 cm³/mol. The summed E-state index contributed by atoms with van der Waals surface area (Å²) in [5, 5.41) is 11.5. The van der Waals surface area contributed by atoms with Crippen LogP contribution in [0.4, 0.5) is 5.69 Å². The van der Waals surface area contributed by atoms with Crippen molar-refractivity contribution < 1.29 is 23.9 Å². The SMILES string of the molecule is O=C(OCc1cc(Cl)c2c(c1)OCCO2)c1cc(Cl)ccc1[N+](=O)[O-]. The molecule has 0 saturated carbocycles. The molecular weight excluding hydrogens is 373 g/mol. The number of nitrogens with zero attached hydrogens (tertiary/aromatic N) is 1. The highest BCUT2D eigenvalue weighted by atomic mass is 35.5. The number of rotatable bonds is 4. The van der Waals surface area contributed by atoms with Crippen LogP contribution in [0.1, 0.15) is 15.9 Å². The van der Waals surface area contributed by atoms with Crippen LogP contribution in [0.3, 0.4) is 0 Å². The van der Waals surface area contributed by atoms with E-state index < -0.39 is 10.9 Å². The summed E-state index contributed by atoms with van der Waals surface area (Å²) in [5.74, 6) is 0.0345. The molecule has 1 aliphatic rings. The van der Waals surface area contributed by atoms with Crippen LogP contribution in [-0.4, -0.2) is 24.1 Å². The molecule has 0 amide bonds. The van der Waals surface area contributed by atoms with Gasteiger partial charge in [-0.3, -0.25) is 10.1 Å². The molecule has 2 aromatic carbocycles. The van der Waals surface area contributed by atoms with Crippen molar-refractivity contribution in [1.29, 1.82) is 0 Å². The van der Waals surface area contributed by atoms with E-state index in [0.29, 0.717) is 35.3 Å². The van der Waals surface area contributed by atoms with Crippen molar-refractivity contribution in [3.05, 3.63) is 61.6 Å². The van der Waals surface area contributed by atoms with E-state index in [0.717, 1.165) is 6.07 Å². The lowest BCUT2D eigenvalue weighted by atomic mass is 10.1. The van der Waals surface area contributed by atoms with E-state index in [1.54, 1.807) is 12.1 Å².